The third-order valence-corrected chi connectivity index (χ3v) is 3.08. The lowest BCUT2D eigenvalue weighted by atomic mass is 10.1. The minimum Gasteiger partial charge on any atom is -0.454 e. The molecule has 18 heavy (non-hydrogen) atoms. The lowest BCUT2D eigenvalue weighted by Gasteiger charge is -2.04. The molecule has 0 radical (unpaired) electrons. The molecule has 1 aliphatic heterocycles. The summed E-state index contributed by atoms with van der Waals surface area (Å²) in [4.78, 5) is 4.44. The first-order chi connectivity index (χ1) is 8.42. The molecule has 1 aliphatic rings. The Morgan fingerprint density at radius 1 is 0.944 bits per heavy atom. The third-order valence-electron chi connectivity index (χ3n) is 3.08. The van der Waals surface area contributed by atoms with Crippen LogP contribution in [0.5, 0.6) is 11.5 Å². The number of hydrogen-bond acceptors (Lipinski definition) is 3. The summed E-state index contributed by atoms with van der Waals surface area (Å²) in [6.45, 7) is 0.303. The van der Waals surface area contributed by atoms with Crippen LogP contribution >= 0.6 is 0 Å². The molecule has 0 fully saturated rings. The Kier molecular flexibility index (Phi) is 2.31. The van der Waals surface area contributed by atoms with Gasteiger partial charge in [0.15, 0.2) is 11.5 Å². The quantitative estimate of drug-likeness (QED) is 0.567. The third kappa shape index (κ3) is 1.39. The van der Waals surface area contributed by atoms with E-state index in [4.69, 9.17) is 9.47 Å². The molecule has 0 amide bonds. The van der Waals surface area contributed by atoms with Gasteiger partial charge in [0.25, 0.3) is 0 Å². The highest BCUT2D eigenvalue weighted by Gasteiger charge is 2.15. The van der Waals surface area contributed by atoms with Gasteiger partial charge >= 0.3 is 0 Å². The summed E-state index contributed by atoms with van der Waals surface area (Å²) in [7, 11) is 0. The average molecular weight is 241 g/mol. The maximum atomic E-state index is 5.41. The van der Waals surface area contributed by atoms with Crippen molar-refractivity contribution in [3.05, 3.63) is 42.6 Å². The number of fused-ring (bicyclic) bond motifs is 4. The molecule has 0 saturated heterocycles. The first kappa shape index (κ1) is 10.8. The Labute approximate surface area is 103 Å². The number of nitrogens with zero attached hydrogens (tertiary/aromatic N) is 1. The van der Waals surface area contributed by atoms with Gasteiger partial charge < -0.3 is 14.9 Å². The maximum Gasteiger partial charge on any atom is 0.231 e. The van der Waals surface area contributed by atoms with Crippen LogP contribution in [0.1, 0.15) is 0 Å². The first-order valence-corrected chi connectivity index (χ1v) is 5.49. The van der Waals surface area contributed by atoms with Crippen molar-refractivity contribution in [2.75, 3.05) is 6.79 Å². The van der Waals surface area contributed by atoms with E-state index in [1.165, 1.54) is 0 Å². The van der Waals surface area contributed by atoms with E-state index in [0.717, 1.165) is 33.2 Å². The predicted octanol–water partition coefficient (Wildman–Crippen LogP) is 2.29. The molecule has 4 rings (SSSR count). The van der Waals surface area contributed by atoms with Crippen LogP contribution in [-0.2, 0) is 0 Å². The second-order valence-electron chi connectivity index (χ2n) is 4.07. The highest BCUT2D eigenvalue weighted by Crippen LogP contribution is 2.37. The molecule has 4 heteroatoms. The molecule has 0 atom stereocenters. The fourth-order valence-electron chi connectivity index (χ4n) is 2.25. The topological polar surface area (TPSA) is 62.9 Å². The fourth-order valence-corrected chi connectivity index (χ4v) is 2.25. The Morgan fingerprint density at radius 2 is 1.72 bits per heavy atom. The van der Waals surface area contributed by atoms with Gasteiger partial charge in [-0.3, -0.25) is 4.98 Å². The van der Waals surface area contributed by atoms with Gasteiger partial charge in [-0.25, -0.2) is 0 Å². The zero-order chi connectivity index (χ0) is 11.2. The molecule has 0 aliphatic carbocycles. The molecule has 90 valence electrons. The van der Waals surface area contributed by atoms with Crippen LogP contribution in [0.15, 0.2) is 42.6 Å². The van der Waals surface area contributed by atoms with E-state index in [9.17, 15) is 0 Å². The van der Waals surface area contributed by atoms with Crippen LogP contribution in [0.4, 0.5) is 0 Å². The standard InChI is InChI=1S/C14H9NO2.H2O/c1-2-4-12-10(3-1)11-6-14-13(16-8-17-14)5-9(11)7-15-12;/h1-7H,8H2;1H2. The Hall–Kier alpha value is -2.33. The SMILES string of the molecule is O.c1ccc2c(c1)ncc1cc3c(cc12)OCO3. The van der Waals surface area contributed by atoms with Gasteiger partial charge in [0.05, 0.1) is 5.52 Å². The molecule has 0 bridgehead atoms. The van der Waals surface area contributed by atoms with Gasteiger partial charge in [0.1, 0.15) is 0 Å². The largest absolute Gasteiger partial charge is 0.454 e. The summed E-state index contributed by atoms with van der Waals surface area (Å²) in [5.74, 6) is 1.61. The van der Waals surface area contributed by atoms with Crippen molar-refractivity contribution in [1.82, 2.24) is 4.98 Å². The van der Waals surface area contributed by atoms with Crippen LogP contribution < -0.4 is 9.47 Å². The minimum absolute atomic E-state index is 0. The van der Waals surface area contributed by atoms with Crippen molar-refractivity contribution < 1.29 is 14.9 Å². The zero-order valence-electron chi connectivity index (χ0n) is 9.51. The molecule has 0 saturated carbocycles. The highest BCUT2D eigenvalue weighted by molar-refractivity contribution is 6.06. The van der Waals surface area contributed by atoms with Gasteiger partial charge in [-0.15, -0.1) is 0 Å². The highest BCUT2D eigenvalue weighted by atomic mass is 16.7. The lowest BCUT2D eigenvalue weighted by Crippen LogP contribution is -1.92. The van der Waals surface area contributed by atoms with Gasteiger partial charge in [0.2, 0.25) is 6.79 Å². The number of benzene rings is 2. The van der Waals surface area contributed by atoms with Gasteiger partial charge in [-0.1, -0.05) is 18.2 Å². The smallest absolute Gasteiger partial charge is 0.231 e. The van der Waals surface area contributed by atoms with Crippen molar-refractivity contribution >= 4 is 21.7 Å². The number of aromatic nitrogens is 1. The lowest BCUT2D eigenvalue weighted by molar-refractivity contribution is 0.174. The molecule has 4 nitrogen and oxygen atoms in total. The molecule has 0 unspecified atom stereocenters. The number of hydrogen-bond donors (Lipinski definition) is 0. The fraction of sp³-hybridized carbons (Fsp3) is 0.0714. The van der Waals surface area contributed by atoms with Crippen LogP contribution in [0, 0.1) is 0 Å². The maximum absolute atomic E-state index is 5.41. The van der Waals surface area contributed by atoms with Gasteiger partial charge in [-0.05, 0) is 23.6 Å². The summed E-state index contributed by atoms with van der Waals surface area (Å²) in [6, 6.07) is 12.1. The van der Waals surface area contributed by atoms with E-state index in [2.05, 4.69) is 11.1 Å². The van der Waals surface area contributed by atoms with Gasteiger partial charge in [-0.2, -0.15) is 0 Å². The monoisotopic (exact) mass is 241 g/mol. The van der Waals surface area contributed by atoms with Crippen LogP contribution in [0.25, 0.3) is 21.7 Å². The van der Waals surface area contributed by atoms with Crippen molar-refractivity contribution in [1.29, 1.82) is 0 Å². The van der Waals surface area contributed by atoms with E-state index >= 15 is 0 Å². The molecule has 2 aromatic carbocycles. The van der Waals surface area contributed by atoms with Crippen LogP contribution in [-0.4, -0.2) is 17.3 Å². The second-order valence-corrected chi connectivity index (χ2v) is 4.07. The normalized spacial score (nSPS) is 12.7. The summed E-state index contributed by atoms with van der Waals surface area (Å²) >= 11 is 0. The van der Waals surface area contributed by atoms with Crippen molar-refractivity contribution in [3.63, 3.8) is 0 Å². The van der Waals surface area contributed by atoms with Crippen molar-refractivity contribution in [2.45, 2.75) is 0 Å². The van der Waals surface area contributed by atoms with Crippen LogP contribution in [0.3, 0.4) is 0 Å². The number of ether oxygens (including phenoxy) is 2. The summed E-state index contributed by atoms with van der Waals surface area (Å²) in [6.07, 6.45) is 1.87. The number of para-hydroxylation sites is 1. The zero-order valence-corrected chi connectivity index (χ0v) is 9.51. The molecule has 0 spiro atoms. The van der Waals surface area contributed by atoms with Crippen molar-refractivity contribution in [2.24, 2.45) is 0 Å². The van der Waals surface area contributed by atoms with E-state index in [0.29, 0.717) is 6.79 Å². The molecule has 3 aromatic rings. The molecule has 2 N–H and O–H groups in total. The summed E-state index contributed by atoms with van der Waals surface area (Å²) < 4.78 is 10.8. The van der Waals surface area contributed by atoms with Gasteiger partial charge in [0, 0.05) is 17.0 Å². The molecule has 1 aromatic heterocycles. The van der Waals surface area contributed by atoms with E-state index in [-0.39, 0.29) is 5.48 Å². The van der Waals surface area contributed by atoms with Crippen LogP contribution in [0.2, 0.25) is 0 Å². The van der Waals surface area contributed by atoms with E-state index in [1.807, 2.05) is 36.5 Å². The Balaban J connectivity index is 0.000001000. The number of rotatable bonds is 0. The number of pyridine rings is 1. The second kappa shape index (κ2) is 3.85. The molecular formula is C14H11NO3. The summed E-state index contributed by atoms with van der Waals surface area (Å²) in [5, 5.41) is 3.37. The molecule has 2 heterocycles. The molecular weight excluding hydrogens is 230 g/mol. The van der Waals surface area contributed by atoms with E-state index < -0.39 is 0 Å². The minimum atomic E-state index is 0. The Bertz CT molecular complexity index is 740. The summed E-state index contributed by atoms with van der Waals surface area (Å²) in [5.41, 5.74) is 0.999. The Morgan fingerprint density at radius 3 is 2.61 bits per heavy atom. The van der Waals surface area contributed by atoms with E-state index in [1.54, 1.807) is 0 Å². The predicted molar refractivity (Wildman–Crippen MR) is 69.0 cm³/mol. The van der Waals surface area contributed by atoms with Crippen molar-refractivity contribution in [3.8, 4) is 11.5 Å². The average Bonchev–Trinajstić information content (AvgIpc) is 2.83. The first-order valence-electron chi connectivity index (χ1n) is 5.49.